The van der Waals surface area contributed by atoms with Crippen molar-refractivity contribution in [2.45, 2.75) is 19.4 Å². The van der Waals surface area contributed by atoms with E-state index in [0.29, 0.717) is 12.2 Å². The van der Waals surface area contributed by atoms with Crippen LogP contribution in [0, 0.1) is 0 Å². The standard InChI is InChI=1S/C9H17N5O/c1-9(2,6-10)14(3)8(15)13-7-4-11-12-5-7/h4-5H,6,10H2,1-3H3,(H,11,12)(H,13,15). The smallest absolute Gasteiger partial charge is 0.322 e. The summed E-state index contributed by atoms with van der Waals surface area (Å²) in [6, 6.07) is -0.202. The van der Waals surface area contributed by atoms with Crippen molar-refractivity contribution < 1.29 is 4.79 Å². The number of carbonyl (C=O) groups is 1. The molecule has 0 atom stereocenters. The maximum Gasteiger partial charge on any atom is 0.322 e. The summed E-state index contributed by atoms with van der Waals surface area (Å²) < 4.78 is 0. The number of nitrogens with two attached hydrogens (primary N) is 1. The van der Waals surface area contributed by atoms with E-state index >= 15 is 0 Å². The van der Waals surface area contributed by atoms with Gasteiger partial charge < -0.3 is 16.0 Å². The van der Waals surface area contributed by atoms with Crippen molar-refractivity contribution in [2.75, 3.05) is 18.9 Å². The Kier molecular flexibility index (Phi) is 3.31. The van der Waals surface area contributed by atoms with E-state index in [-0.39, 0.29) is 11.6 Å². The molecule has 1 rings (SSSR count). The van der Waals surface area contributed by atoms with Crippen LogP contribution in [-0.2, 0) is 0 Å². The minimum atomic E-state index is -0.367. The molecule has 0 saturated heterocycles. The van der Waals surface area contributed by atoms with Crippen LogP contribution in [0.2, 0.25) is 0 Å². The Morgan fingerprint density at radius 2 is 2.40 bits per heavy atom. The highest BCUT2D eigenvalue weighted by molar-refractivity contribution is 5.89. The number of rotatable bonds is 3. The number of anilines is 1. The Balaban J connectivity index is 2.62. The summed E-state index contributed by atoms with van der Waals surface area (Å²) in [5.74, 6) is 0. The van der Waals surface area contributed by atoms with E-state index in [1.54, 1.807) is 24.3 Å². The highest BCUT2D eigenvalue weighted by atomic mass is 16.2. The zero-order valence-electron chi connectivity index (χ0n) is 9.24. The molecule has 0 spiro atoms. The highest BCUT2D eigenvalue weighted by Crippen LogP contribution is 2.12. The van der Waals surface area contributed by atoms with E-state index < -0.39 is 0 Å². The lowest BCUT2D eigenvalue weighted by Gasteiger charge is -2.34. The summed E-state index contributed by atoms with van der Waals surface area (Å²) >= 11 is 0. The number of carbonyl (C=O) groups excluding carboxylic acids is 1. The molecule has 1 aromatic heterocycles. The van der Waals surface area contributed by atoms with Gasteiger partial charge in [0.15, 0.2) is 0 Å². The average Bonchev–Trinajstić information content (AvgIpc) is 2.69. The van der Waals surface area contributed by atoms with Crippen LogP contribution in [0.1, 0.15) is 13.8 Å². The molecule has 1 heterocycles. The molecule has 0 radical (unpaired) electrons. The quantitative estimate of drug-likeness (QED) is 0.684. The zero-order chi connectivity index (χ0) is 11.5. The van der Waals surface area contributed by atoms with Gasteiger partial charge in [0.25, 0.3) is 0 Å². The topological polar surface area (TPSA) is 87.0 Å². The maximum atomic E-state index is 11.7. The number of nitrogens with zero attached hydrogens (tertiary/aromatic N) is 2. The van der Waals surface area contributed by atoms with E-state index in [0.717, 1.165) is 0 Å². The second-order valence-corrected chi connectivity index (χ2v) is 3.99. The summed E-state index contributed by atoms with van der Waals surface area (Å²) in [5.41, 5.74) is 5.85. The van der Waals surface area contributed by atoms with Crippen molar-refractivity contribution in [2.24, 2.45) is 5.73 Å². The Bertz CT molecular complexity index is 319. The number of nitrogens with one attached hydrogen (secondary N) is 2. The number of aromatic nitrogens is 2. The summed E-state index contributed by atoms with van der Waals surface area (Å²) in [4.78, 5) is 13.3. The third-order valence-corrected chi connectivity index (χ3v) is 2.46. The van der Waals surface area contributed by atoms with Crippen LogP contribution >= 0.6 is 0 Å². The summed E-state index contributed by atoms with van der Waals surface area (Å²) in [7, 11) is 1.71. The first-order chi connectivity index (χ1) is 6.97. The second kappa shape index (κ2) is 4.31. The molecule has 0 bridgehead atoms. The number of hydrogen-bond donors (Lipinski definition) is 3. The van der Waals surface area contributed by atoms with Crippen LogP contribution in [-0.4, -0.2) is 40.3 Å². The fourth-order valence-corrected chi connectivity index (χ4v) is 0.938. The van der Waals surface area contributed by atoms with Gasteiger partial charge in [-0.3, -0.25) is 5.10 Å². The number of aromatic amines is 1. The van der Waals surface area contributed by atoms with Crippen molar-refractivity contribution in [3.05, 3.63) is 12.4 Å². The van der Waals surface area contributed by atoms with Gasteiger partial charge in [-0.15, -0.1) is 0 Å². The lowest BCUT2D eigenvalue weighted by Crippen LogP contribution is -2.51. The molecule has 0 aliphatic heterocycles. The van der Waals surface area contributed by atoms with Gasteiger partial charge in [0.05, 0.1) is 17.4 Å². The molecule has 6 heteroatoms. The first-order valence-corrected chi connectivity index (χ1v) is 4.71. The molecule has 1 aromatic rings. The van der Waals surface area contributed by atoms with Crippen LogP contribution in [0.15, 0.2) is 12.4 Å². The van der Waals surface area contributed by atoms with Gasteiger partial charge in [0.1, 0.15) is 0 Å². The molecule has 84 valence electrons. The summed E-state index contributed by atoms with van der Waals surface area (Å²) in [6.45, 7) is 4.21. The number of amides is 2. The molecule has 0 aliphatic rings. The van der Waals surface area contributed by atoms with Crippen LogP contribution in [0.5, 0.6) is 0 Å². The predicted molar refractivity (Wildman–Crippen MR) is 58.5 cm³/mol. The van der Waals surface area contributed by atoms with Gasteiger partial charge in [0, 0.05) is 19.8 Å². The fourth-order valence-electron chi connectivity index (χ4n) is 0.938. The minimum Gasteiger partial charge on any atom is -0.328 e. The number of H-pyrrole nitrogens is 1. The van der Waals surface area contributed by atoms with Gasteiger partial charge in [-0.25, -0.2) is 4.79 Å². The molecular weight excluding hydrogens is 194 g/mol. The molecule has 0 aromatic carbocycles. The predicted octanol–water partition coefficient (Wildman–Crippen LogP) is 0.611. The van der Waals surface area contributed by atoms with Crippen molar-refractivity contribution in [1.82, 2.24) is 15.1 Å². The lowest BCUT2D eigenvalue weighted by atomic mass is 10.1. The van der Waals surface area contributed by atoms with Gasteiger partial charge in [-0.2, -0.15) is 5.10 Å². The van der Waals surface area contributed by atoms with Gasteiger partial charge in [-0.05, 0) is 13.8 Å². The Hall–Kier alpha value is -1.56. The molecular formula is C9H17N5O. The zero-order valence-corrected chi connectivity index (χ0v) is 9.24. The molecule has 2 amide bonds. The third-order valence-electron chi connectivity index (χ3n) is 2.46. The van der Waals surface area contributed by atoms with Gasteiger partial charge in [-0.1, -0.05) is 0 Å². The number of urea groups is 1. The molecule has 0 saturated carbocycles. The first-order valence-electron chi connectivity index (χ1n) is 4.71. The SMILES string of the molecule is CN(C(=O)Nc1cn[nH]c1)C(C)(C)CN. The molecule has 0 unspecified atom stereocenters. The second-order valence-electron chi connectivity index (χ2n) is 3.99. The largest absolute Gasteiger partial charge is 0.328 e. The van der Waals surface area contributed by atoms with Crippen LogP contribution in [0.3, 0.4) is 0 Å². The molecule has 6 nitrogen and oxygen atoms in total. The van der Waals surface area contributed by atoms with Gasteiger partial charge >= 0.3 is 6.03 Å². The van der Waals surface area contributed by atoms with Crippen LogP contribution in [0.4, 0.5) is 10.5 Å². The van der Waals surface area contributed by atoms with Crippen LogP contribution in [0.25, 0.3) is 0 Å². The van der Waals surface area contributed by atoms with E-state index in [2.05, 4.69) is 15.5 Å². The number of hydrogen-bond acceptors (Lipinski definition) is 3. The van der Waals surface area contributed by atoms with E-state index in [9.17, 15) is 4.79 Å². The fraction of sp³-hybridized carbons (Fsp3) is 0.556. The Morgan fingerprint density at radius 1 is 1.73 bits per heavy atom. The molecule has 4 N–H and O–H groups in total. The monoisotopic (exact) mass is 211 g/mol. The highest BCUT2D eigenvalue weighted by Gasteiger charge is 2.25. The Labute approximate surface area is 88.8 Å². The first kappa shape index (κ1) is 11.5. The van der Waals surface area contributed by atoms with E-state index in [4.69, 9.17) is 5.73 Å². The maximum absolute atomic E-state index is 11.7. The van der Waals surface area contributed by atoms with Crippen molar-refractivity contribution in [3.8, 4) is 0 Å². The average molecular weight is 211 g/mol. The lowest BCUT2D eigenvalue weighted by molar-refractivity contribution is 0.172. The van der Waals surface area contributed by atoms with Crippen molar-refractivity contribution in [3.63, 3.8) is 0 Å². The number of likely N-dealkylation sites (N-methyl/N-ethyl adjacent to an activating group) is 1. The summed E-state index contributed by atoms with van der Waals surface area (Å²) in [6.07, 6.45) is 3.16. The molecule has 0 fully saturated rings. The van der Waals surface area contributed by atoms with Gasteiger partial charge in [0.2, 0.25) is 0 Å². The van der Waals surface area contributed by atoms with E-state index in [1.165, 1.54) is 0 Å². The normalized spacial score (nSPS) is 11.2. The summed E-state index contributed by atoms with van der Waals surface area (Å²) in [5, 5.41) is 9.05. The van der Waals surface area contributed by atoms with Crippen LogP contribution < -0.4 is 11.1 Å². The minimum absolute atomic E-state index is 0.202. The Morgan fingerprint density at radius 3 is 2.87 bits per heavy atom. The van der Waals surface area contributed by atoms with Crippen molar-refractivity contribution in [1.29, 1.82) is 0 Å². The van der Waals surface area contributed by atoms with E-state index in [1.807, 2.05) is 13.8 Å². The third kappa shape index (κ3) is 2.69. The van der Waals surface area contributed by atoms with Crippen molar-refractivity contribution >= 4 is 11.7 Å². The molecule has 15 heavy (non-hydrogen) atoms. The molecule has 0 aliphatic carbocycles.